The van der Waals surface area contributed by atoms with Gasteiger partial charge in [0.2, 0.25) is 11.9 Å². The summed E-state index contributed by atoms with van der Waals surface area (Å²) in [4.78, 5) is 37.6. The summed E-state index contributed by atoms with van der Waals surface area (Å²) in [6.07, 6.45) is 8.31. The second-order valence-electron chi connectivity index (χ2n) is 13.8. The lowest BCUT2D eigenvalue weighted by Crippen LogP contribution is -2.49. The van der Waals surface area contributed by atoms with E-state index in [0.29, 0.717) is 35.2 Å². The van der Waals surface area contributed by atoms with Gasteiger partial charge >= 0.3 is 6.03 Å². The van der Waals surface area contributed by atoms with Crippen molar-refractivity contribution in [3.63, 3.8) is 0 Å². The number of amides is 3. The van der Waals surface area contributed by atoms with Crippen LogP contribution in [0, 0.1) is 5.92 Å². The molecule has 264 valence electrons. The monoisotopic (exact) mass is 717 g/mol. The minimum Gasteiger partial charge on any atom is -0.351 e. The Kier molecular flexibility index (Phi) is 10.5. The van der Waals surface area contributed by atoms with Crippen LogP contribution in [0.3, 0.4) is 0 Å². The molecule has 0 bridgehead atoms. The van der Waals surface area contributed by atoms with Crippen molar-refractivity contribution in [1.82, 2.24) is 34.3 Å². The highest BCUT2D eigenvalue weighted by atomic mass is 35.5. The summed E-state index contributed by atoms with van der Waals surface area (Å²) < 4.78 is 17.4. The van der Waals surface area contributed by atoms with E-state index in [2.05, 4.69) is 72.2 Å². The Morgan fingerprint density at radius 3 is 2.50 bits per heavy atom. The number of aromatic nitrogens is 4. The van der Waals surface area contributed by atoms with Gasteiger partial charge in [-0.2, -0.15) is 5.10 Å². The number of nitrogens with zero attached hydrogens (tertiary/aromatic N) is 7. The fourth-order valence-electron chi connectivity index (χ4n) is 7.50. The molecule has 2 aromatic heterocycles. The second kappa shape index (κ2) is 15.1. The number of aryl methyl sites for hydroxylation is 1. The number of fused-ring (bicyclic) bond motifs is 1. The molecule has 2 unspecified atom stereocenters. The molecular formula is C36H44ClN9O3S. The van der Waals surface area contributed by atoms with Crippen molar-refractivity contribution in [3.05, 3.63) is 71.0 Å². The molecule has 7 rings (SSSR count). The molecule has 14 heteroatoms. The number of carbonyl (C=O) groups is 2. The Morgan fingerprint density at radius 1 is 1.00 bits per heavy atom. The maximum atomic E-state index is 13.5. The topological polar surface area (TPSA) is 129 Å². The van der Waals surface area contributed by atoms with E-state index in [1.807, 2.05) is 23.9 Å². The van der Waals surface area contributed by atoms with Gasteiger partial charge in [-0.05, 0) is 92.4 Å². The highest BCUT2D eigenvalue weighted by Gasteiger charge is 2.29. The maximum Gasteiger partial charge on any atom is 0.329 e. The summed E-state index contributed by atoms with van der Waals surface area (Å²) in [5, 5.41) is 11.8. The van der Waals surface area contributed by atoms with Gasteiger partial charge in [0.25, 0.3) is 0 Å². The number of hydrogen-bond acceptors (Lipinski definition) is 8. The third-order valence-electron chi connectivity index (χ3n) is 10.1. The molecule has 3 amide bonds. The van der Waals surface area contributed by atoms with Crippen molar-refractivity contribution < 1.29 is 13.8 Å². The van der Waals surface area contributed by atoms with Crippen LogP contribution in [0.2, 0.25) is 5.02 Å². The first-order valence-corrected chi connectivity index (χ1v) is 19.0. The number of likely N-dealkylation sites (tertiary alicyclic amines) is 1. The number of benzene rings is 2. The SMILES string of the molecule is CC(Cc1cccc(S(=O)N2CCC(Nc3ncc(Cl)cn3)CC2)c1)CN1CCC(c2ccc3c(N4CCC(=O)NC4=O)nn(C)c3c2)CC1. The van der Waals surface area contributed by atoms with Crippen LogP contribution >= 0.6 is 11.6 Å². The lowest BCUT2D eigenvalue weighted by molar-refractivity contribution is -0.120. The molecule has 0 spiro atoms. The predicted molar refractivity (Wildman–Crippen MR) is 196 cm³/mol. The summed E-state index contributed by atoms with van der Waals surface area (Å²) in [6.45, 7) is 7.25. The molecule has 5 heterocycles. The number of urea groups is 1. The first-order valence-electron chi connectivity index (χ1n) is 17.5. The van der Waals surface area contributed by atoms with E-state index >= 15 is 0 Å². The number of hydrogen-bond donors (Lipinski definition) is 2. The minimum atomic E-state index is -1.19. The van der Waals surface area contributed by atoms with Gasteiger partial charge in [-0.1, -0.05) is 36.7 Å². The van der Waals surface area contributed by atoms with Crippen LogP contribution in [-0.4, -0.2) is 90.4 Å². The Hall–Kier alpha value is -3.91. The summed E-state index contributed by atoms with van der Waals surface area (Å²) >= 11 is 5.90. The molecule has 0 saturated carbocycles. The van der Waals surface area contributed by atoms with E-state index in [1.165, 1.54) is 11.1 Å². The van der Waals surface area contributed by atoms with Crippen LogP contribution in [0.4, 0.5) is 16.6 Å². The third kappa shape index (κ3) is 7.85. The molecular weight excluding hydrogens is 674 g/mol. The van der Waals surface area contributed by atoms with Gasteiger partial charge in [0.05, 0.1) is 27.8 Å². The van der Waals surface area contributed by atoms with Gasteiger partial charge < -0.3 is 10.2 Å². The minimum absolute atomic E-state index is 0.241. The largest absolute Gasteiger partial charge is 0.351 e. The first kappa shape index (κ1) is 34.5. The normalized spacial score (nSPS) is 19.9. The maximum absolute atomic E-state index is 13.5. The van der Waals surface area contributed by atoms with Gasteiger partial charge in [-0.3, -0.25) is 19.7 Å². The van der Waals surface area contributed by atoms with Crippen LogP contribution < -0.4 is 15.5 Å². The number of rotatable bonds is 10. The molecule has 4 aromatic rings. The molecule has 3 aliphatic rings. The number of imide groups is 1. The van der Waals surface area contributed by atoms with Crippen molar-refractivity contribution in [2.75, 3.05) is 49.5 Å². The van der Waals surface area contributed by atoms with E-state index in [-0.39, 0.29) is 18.4 Å². The van der Waals surface area contributed by atoms with E-state index in [4.69, 9.17) is 11.6 Å². The summed E-state index contributed by atoms with van der Waals surface area (Å²) in [5.74, 6) is 1.86. The molecule has 2 atom stereocenters. The zero-order valence-electron chi connectivity index (χ0n) is 28.6. The van der Waals surface area contributed by atoms with E-state index in [1.54, 1.807) is 17.3 Å². The molecule has 0 aliphatic carbocycles. The van der Waals surface area contributed by atoms with Gasteiger partial charge in [-0.15, -0.1) is 0 Å². The summed E-state index contributed by atoms with van der Waals surface area (Å²) in [6, 6.07) is 14.6. The lowest BCUT2D eigenvalue weighted by Gasteiger charge is -2.34. The zero-order valence-corrected chi connectivity index (χ0v) is 30.1. The molecule has 3 fully saturated rings. The van der Waals surface area contributed by atoms with Crippen LogP contribution in [0.5, 0.6) is 0 Å². The van der Waals surface area contributed by atoms with E-state index < -0.39 is 17.0 Å². The highest BCUT2D eigenvalue weighted by molar-refractivity contribution is 7.82. The van der Waals surface area contributed by atoms with Gasteiger partial charge in [0, 0.05) is 51.1 Å². The average molecular weight is 718 g/mol. The molecule has 50 heavy (non-hydrogen) atoms. The van der Waals surface area contributed by atoms with Crippen LogP contribution in [0.15, 0.2) is 59.8 Å². The van der Waals surface area contributed by atoms with Crippen LogP contribution in [0.25, 0.3) is 10.9 Å². The van der Waals surface area contributed by atoms with Crippen molar-refractivity contribution in [2.24, 2.45) is 13.0 Å². The van der Waals surface area contributed by atoms with Crippen LogP contribution in [-0.2, 0) is 29.2 Å². The van der Waals surface area contributed by atoms with Crippen molar-refractivity contribution in [2.45, 2.75) is 62.3 Å². The van der Waals surface area contributed by atoms with Gasteiger partial charge in [0.15, 0.2) is 5.82 Å². The first-order chi connectivity index (χ1) is 24.2. The highest BCUT2D eigenvalue weighted by Crippen LogP contribution is 2.34. The van der Waals surface area contributed by atoms with Crippen LogP contribution in [0.1, 0.15) is 56.1 Å². The molecule has 3 saturated heterocycles. The Morgan fingerprint density at radius 2 is 1.76 bits per heavy atom. The lowest BCUT2D eigenvalue weighted by atomic mass is 9.88. The summed E-state index contributed by atoms with van der Waals surface area (Å²) in [5.41, 5.74) is 3.53. The van der Waals surface area contributed by atoms with Crippen molar-refractivity contribution >= 4 is 57.2 Å². The number of carbonyl (C=O) groups excluding carboxylic acids is 2. The molecule has 2 aromatic carbocycles. The van der Waals surface area contributed by atoms with E-state index in [0.717, 1.165) is 80.6 Å². The smallest absolute Gasteiger partial charge is 0.329 e. The third-order valence-corrected chi connectivity index (χ3v) is 11.8. The quantitative estimate of drug-likeness (QED) is 0.232. The van der Waals surface area contributed by atoms with Crippen molar-refractivity contribution in [1.29, 1.82) is 0 Å². The van der Waals surface area contributed by atoms with Gasteiger partial charge in [-0.25, -0.2) is 23.3 Å². The number of halogens is 1. The Balaban J connectivity index is 0.887. The Bertz CT molecular complexity index is 1870. The number of nitrogens with one attached hydrogen (secondary N) is 2. The molecule has 3 aliphatic heterocycles. The fraction of sp³-hybridized carbons (Fsp3) is 0.472. The predicted octanol–water partition coefficient (Wildman–Crippen LogP) is 5.12. The molecule has 2 N–H and O–H groups in total. The summed E-state index contributed by atoms with van der Waals surface area (Å²) in [7, 11) is 0.711. The zero-order chi connectivity index (χ0) is 34.8. The average Bonchev–Trinajstić information content (AvgIpc) is 3.44. The second-order valence-corrected chi connectivity index (χ2v) is 15.8. The molecule has 0 radical (unpaired) electrons. The Labute approximate surface area is 300 Å². The van der Waals surface area contributed by atoms with Crippen molar-refractivity contribution in [3.8, 4) is 0 Å². The number of piperidine rings is 2. The number of anilines is 2. The van der Waals surface area contributed by atoms with Gasteiger partial charge in [0.1, 0.15) is 11.0 Å². The standard InChI is InChI=1S/C36H44ClN9O3S/c1-24(18-25-4-3-5-30(19-25)50(49)45-15-10-29(11-16-45)40-35-38-21-28(37)22-39-35)23-44-13-8-26(9-14-44)27-6-7-31-32(20-27)43(2)42-34(31)46-17-12-33(47)41-36(46)48/h3-7,19-22,24,26,29H,8-18,23H2,1-2H3,(H,38,39,40)(H,41,47,48). The fourth-order valence-corrected chi connectivity index (χ4v) is 8.88. The molecule has 12 nitrogen and oxygen atoms in total. The van der Waals surface area contributed by atoms with E-state index in [9.17, 15) is 13.8 Å².